The van der Waals surface area contributed by atoms with Crippen molar-refractivity contribution in [2.24, 2.45) is 0 Å². The number of hydrogen-bond donors (Lipinski definition) is 1. The highest BCUT2D eigenvalue weighted by atomic mass is 19.2. The first-order valence-electron chi connectivity index (χ1n) is 5.98. The van der Waals surface area contributed by atoms with Gasteiger partial charge in [-0.1, -0.05) is 18.2 Å². The second-order valence-corrected chi connectivity index (χ2v) is 4.26. The summed E-state index contributed by atoms with van der Waals surface area (Å²) in [7, 11) is 0. The molecule has 0 heterocycles. The highest BCUT2D eigenvalue weighted by Crippen LogP contribution is 2.12. The Labute approximate surface area is 119 Å². The Morgan fingerprint density at radius 3 is 2.38 bits per heavy atom. The molecule has 0 aliphatic rings. The molecule has 0 atom stereocenters. The number of aromatic carboxylic acids is 1. The van der Waals surface area contributed by atoms with Crippen LogP contribution in [-0.4, -0.2) is 16.9 Å². The van der Waals surface area contributed by atoms with E-state index in [0.717, 1.165) is 12.1 Å². The largest absolute Gasteiger partial charge is 0.478 e. The number of halogens is 2. The number of allylic oxidation sites excluding steroid dienone is 1. The van der Waals surface area contributed by atoms with Gasteiger partial charge in [-0.05, 0) is 42.0 Å². The topological polar surface area (TPSA) is 54.4 Å². The summed E-state index contributed by atoms with van der Waals surface area (Å²) in [4.78, 5) is 22.6. The number of carboxylic acids is 1. The molecule has 0 radical (unpaired) electrons. The van der Waals surface area contributed by atoms with Crippen LogP contribution in [0.4, 0.5) is 8.78 Å². The van der Waals surface area contributed by atoms with E-state index in [1.165, 1.54) is 30.4 Å². The lowest BCUT2D eigenvalue weighted by Crippen LogP contribution is -1.97. The SMILES string of the molecule is O=C(O)c1cccc(C=CC(=O)c2ccc(F)c(F)c2)c1. The van der Waals surface area contributed by atoms with Gasteiger partial charge in [0.25, 0.3) is 0 Å². The van der Waals surface area contributed by atoms with Crippen molar-refractivity contribution in [3.8, 4) is 0 Å². The fourth-order valence-corrected chi connectivity index (χ4v) is 1.69. The van der Waals surface area contributed by atoms with Crippen LogP contribution in [0.25, 0.3) is 6.08 Å². The van der Waals surface area contributed by atoms with Gasteiger partial charge in [0.15, 0.2) is 17.4 Å². The molecule has 0 aliphatic heterocycles. The van der Waals surface area contributed by atoms with Crippen molar-refractivity contribution in [2.45, 2.75) is 0 Å². The fourth-order valence-electron chi connectivity index (χ4n) is 1.69. The predicted molar refractivity (Wildman–Crippen MR) is 73.1 cm³/mol. The number of ketones is 1. The number of carbonyl (C=O) groups is 2. The predicted octanol–water partition coefficient (Wildman–Crippen LogP) is 3.56. The van der Waals surface area contributed by atoms with Crippen LogP contribution in [0.15, 0.2) is 48.5 Å². The molecule has 0 unspecified atom stereocenters. The molecule has 0 bridgehead atoms. The van der Waals surface area contributed by atoms with Crippen molar-refractivity contribution >= 4 is 17.8 Å². The van der Waals surface area contributed by atoms with E-state index in [0.29, 0.717) is 5.56 Å². The summed E-state index contributed by atoms with van der Waals surface area (Å²) in [6, 6.07) is 8.87. The Morgan fingerprint density at radius 1 is 0.952 bits per heavy atom. The molecule has 106 valence electrons. The van der Waals surface area contributed by atoms with E-state index in [-0.39, 0.29) is 11.1 Å². The highest BCUT2D eigenvalue weighted by molar-refractivity contribution is 6.06. The Balaban J connectivity index is 2.20. The Kier molecular flexibility index (Phi) is 4.23. The second kappa shape index (κ2) is 6.09. The molecule has 0 aromatic heterocycles. The third kappa shape index (κ3) is 3.60. The van der Waals surface area contributed by atoms with Gasteiger partial charge in [0.05, 0.1) is 5.56 Å². The van der Waals surface area contributed by atoms with Gasteiger partial charge in [-0.3, -0.25) is 4.79 Å². The van der Waals surface area contributed by atoms with Crippen LogP contribution in [0.3, 0.4) is 0 Å². The lowest BCUT2D eigenvalue weighted by atomic mass is 10.1. The molecule has 0 spiro atoms. The van der Waals surface area contributed by atoms with Crippen molar-refractivity contribution in [1.29, 1.82) is 0 Å². The van der Waals surface area contributed by atoms with E-state index in [1.807, 2.05) is 0 Å². The molecule has 0 saturated heterocycles. The van der Waals surface area contributed by atoms with Crippen molar-refractivity contribution < 1.29 is 23.5 Å². The van der Waals surface area contributed by atoms with Crippen molar-refractivity contribution in [1.82, 2.24) is 0 Å². The summed E-state index contributed by atoms with van der Waals surface area (Å²) in [6.07, 6.45) is 2.59. The van der Waals surface area contributed by atoms with E-state index in [1.54, 1.807) is 12.1 Å². The van der Waals surface area contributed by atoms with Gasteiger partial charge in [0.2, 0.25) is 0 Å². The highest BCUT2D eigenvalue weighted by Gasteiger charge is 2.07. The number of benzene rings is 2. The molecule has 5 heteroatoms. The van der Waals surface area contributed by atoms with Gasteiger partial charge in [-0.2, -0.15) is 0 Å². The number of hydrogen-bond acceptors (Lipinski definition) is 2. The first kappa shape index (κ1) is 14.6. The van der Waals surface area contributed by atoms with Gasteiger partial charge in [0.1, 0.15) is 0 Å². The van der Waals surface area contributed by atoms with Gasteiger partial charge in [-0.25, -0.2) is 13.6 Å². The molecular weight excluding hydrogens is 278 g/mol. The smallest absolute Gasteiger partial charge is 0.335 e. The average molecular weight is 288 g/mol. The van der Waals surface area contributed by atoms with E-state index in [2.05, 4.69) is 0 Å². The first-order valence-corrected chi connectivity index (χ1v) is 5.98. The van der Waals surface area contributed by atoms with Crippen LogP contribution in [0.2, 0.25) is 0 Å². The molecule has 3 nitrogen and oxygen atoms in total. The maximum atomic E-state index is 13.0. The maximum Gasteiger partial charge on any atom is 0.335 e. The lowest BCUT2D eigenvalue weighted by molar-refractivity contribution is 0.0696. The molecule has 0 amide bonds. The van der Waals surface area contributed by atoms with Crippen LogP contribution >= 0.6 is 0 Å². The molecule has 0 fully saturated rings. The minimum absolute atomic E-state index is 0.0135. The zero-order valence-electron chi connectivity index (χ0n) is 10.7. The van der Waals surface area contributed by atoms with E-state index >= 15 is 0 Å². The molecule has 0 aliphatic carbocycles. The van der Waals surface area contributed by atoms with Gasteiger partial charge in [0, 0.05) is 5.56 Å². The van der Waals surface area contributed by atoms with E-state index < -0.39 is 23.4 Å². The molecular formula is C16H10F2O3. The van der Waals surface area contributed by atoms with Crippen LogP contribution in [0.5, 0.6) is 0 Å². The molecule has 2 rings (SSSR count). The summed E-state index contributed by atoms with van der Waals surface area (Å²) < 4.78 is 25.8. The number of rotatable bonds is 4. The number of carboxylic acid groups (broad SMARTS) is 1. The van der Waals surface area contributed by atoms with Crippen LogP contribution in [0.1, 0.15) is 26.3 Å². The summed E-state index contributed by atoms with van der Waals surface area (Å²) in [5, 5.41) is 8.85. The third-order valence-electron chi connectivity index (χ3n) is 2.76. The summed E-state index contributed by atoms with van der Waals surface area (Å²) in [5.74, 6) is -3.70. The van der Waals surface area contributed by atoms with Gasteiger partial charge in [-0.15, -0.1) is 0 Å². The summed E-state index contributed by atoms with van der Waals surface area (Å²) >= 11 is 0. The minimum Gasteiger partial charge on any atom is -0.478 e. The zero-order chi connectivity index (χ0) is 15.4. The maximum absolute atomic E-state index is 13.0. The van der Waals surface area contributed by atoms with Crippen molar-refractivity contribution in [3.05, 3.63) is 76.9 Å². The van der Waals surface area contributed by atoms with E-state index in [4.69, 9.17) is 5.11 Å². The number of carbonyl (C=O) groups excluding carboxylic acids is 1. The molecule has 2 aromatic carbocycles. The van der Waals surface area contributed by atoms with Gasteiger partial charge < -0.3 is 5.11 Å². The minimum atomic E-state index is -1.10. The van der Waals surface area contributed by atoms with Crippen molar-refractivity contribution in [3.63, 3.8) is 0 Å². The molecule has 21 heavy (non-hydrogen) atoms. The molecule has 0 saturated carbocycles. The summed E-state index contributed by atoms with van der Waals surface area (Å²) in [6.45, 7) is 0. The first-order chi connectivity index (χ1) is 9.97. The van der Waals surface area contributed by atoms with Crippen LogP contribution in [-0.2, 0) is 0 Å². The molecule has 1 N–H and O–H groups in total. The Morgan fingerprint density at radius 2 is 1.71 bits per heavy atom. The van der Waals surface area contributed by atoms with Gasteiger partial charge >= 0.3 is 5.97 Å². The normalized spacial score (nSPS) is 10.8. The Hall–Kier alpha value is -2.82. The third-order valence-corrected chi connectivity index (χ3v) is 2.76. The molecule has 2 aromatic rings. The van der Waals surface area contributed by atoms with Crippen LogP contribution in [0, 0.1) is 11.6 Å². The average Bonchev–Trinajstić information content (AvgIpc) is 2.48. The fraction of sp³-hybridized carbons (Fsp3) is 0. The standard InChI is InChI=1S/C16H10F2O3/c17-13-6-5-11(9-14(13)18)15(19)7-4-10-2-1-3-12(8-10)16(20)21/h1-9H,(H,20,21). The van der Waals surface area contributed by atoms with E-state index in [9.17, 15) is 18.4 Å². The van der Waals surface area contributed by atoms with Crippen molar-refractivity contribution in [2.75, 3.05) is 0 Å². The summed E-state index contributed by atoms with van der Waals surface area (Å²) in [5.41, 5.74) is 0.628. The monoisotopic (exact) mass is 288 g/mol. The second-order valence-electron chi connectivity index (χ2n) is 4.26. The quantitative estimate of drug-likeness (QED) is 0.691. The van der Waals surface area contributed by atoms with Crippen LogP contribution < -0.4 is 0 Å². The Bertz CT molecular complexity index is 736. The lowest BCUT2D eigenvalue weighted by Gasteiger charge is -1.98. The zero-order valence-corrected chi connectivity index (χ0v) is 10.7.